The Morgan fingerprint density at radius 1 is 1.61 bits per heavy atom. The number of para-hydroxylation sites is 1. The number of carbonyl (C=O) groups excluding carboxylic acids is 1. The molecule has 0 radical (unpaired) electrons. The number of anilines is 1. The van der Waals surface area contributed by atoms with E-state index in [0.29, 0.717) is 6.54 Å². The van der Waals surface area contributed by atoms with Gasteiger partial charge in [0.1, 0.15) is 5.82 Å². The predicted octanol–water partition coefficient (Wildman–Crippen LogP) is 0.708. The number of aliphatic hydroxyl groups excluding tert-OH is 1. The van der Waals surface area contributed by atoms with Crippen molar-refractivity contribution in [2.45, 2.75) is 18.9 Å². The van der Waals surface area contributed by atoms with Gasteiger partial charge in [-0.2, -0.15) is 0 Å². The summed E-state index contributed by atoms with van der Waals surface area (Å²) in [7, 11) is 0. The van der Waals surface area contributed by atoms with Gasteiger partial charge in [-0.25, -0.2) is 4.39 Å². The van der Waals surface area contributed by atoms with Gasteiger partial charge in [0.05, 0.1) is 23.9 Å². The van der Waals surface area contributed by atoms with Gasteiger partial charge >= 0.3 is 0 Å². The Balaban J connectivity index is 2.31. The van der Waals surface area contributed by atoms with Crippen molar-refractivity contribution in [2.24, 2.45) is 5.84 Å². The lowest BCUT2D eigenvalue weighted by Gasteiger charge is -2.24. The van der Waals surface area contributed by atoms with Crippen LogP contribution < -0.4 is 11.3 Å². The minimum Gasteiger partial charge on any atom is -0.394 e. The van der Waals surface area contributed by atoms with Crippen LogP contribution >= 0.6 is 0 Å². The highest BCUT2D eigenvalue weighted by molar-refractivity contribution is 6.00. The minimum atomic E-state index is -0.567. The summed E-state index contributed by atoms with van der Waals surface area (Å²) in [6.45, 7) is 0.497. The third-order valence-electron chi connectivity index (χ3n) is 3.24. The molecule has 0 saturated carbocycles. The zero-order valence-electron chi connectivity index (χ0n) is 9.90. The molecule has 1 amide bonds. The van der Waals surface area contributed by atoms with Crippen LogP contribution in [-0.4, -0.2) is 35.1 Å². The van der Waals surface area contributed by atoms with Crippen molar-refractivity contribution in [1.29, 1.82) is 0 Å². The Morgan fingerprint density at radius 3 is 3.06 bits per heavy atom. The molecule has 4 N–H and O–H groups in total. The first-order valence-corrected chi connectivity index (χ1v) is 5.86. The van der Waals surface area contributed by atoms with Crippen LogP contribution in [-0.2, 0) is 0 Å². The van der Waals surface area contributed by atoms with Gasteiger partial charge in [-0.15, -0.1) is 0 Å². The maximum atomic E-state index is 13.5. The van der Waals surface area contributed by atoms with E-state index < -0.39 is 5.82 Å². The summed E-state index contributed by atoms with van der Waals surface area (Å²) in [4.78, 5) is 13.9. The average Bonchev–Trinajstić information content (AvgIpc) is 2.85. The number of amides is 1. The lowest BCUT2D eigenvalue weighted by atomic mass is 10.1. The molecule has 1 saturated heterocycles. The SMILES string of the molecule is NNc1c(F)cccc1C(=O)N1CCCC1CO. The van der Waals surface area contributed by atoms with Gasteiger partial charge in [0.25, 0.3) is 5.91 Å². The molecule has 18 heavy (non-hydrogen) atoms. The third-order valence-corrected chi connectivity index (χ3v) is 3.24. The van der Waals surface area contributed by atoms with Gasteiger partial charge in [0.15, 0.2) is 0 Å². The number of rotatable bonds is 3. The molecule has 1 aromatic rings. The number of nitrogens with two attached hydrogens (primary N) is 1. The van der Waals surface area contributed by atoms with Crippen LogP contribution in [0.15, 0.2) is 18.2 Å². The molecule has 2 rings (SSSR count). The monoisotopic (exact) mass is 253 g/mol. The first kappa shape index (κ1) is 12.8. The smallest absolute Gasteiger partial charge is 0.256 e. The van der Waals surface area contributed by atoms with Gasteiger partial charge in [-0.1, -0.05) is 6.07 Å². The fourth-order valence-electron chi connectivity index (χ4n) is 2.30. The van der Waals surface area contributed by atoms with Crippen molar-refractivity contribution in [1.82, 2.24) is 4.90 Å². The van der Waals surface area contributed by atoms with Gasteiger partial charge in [-0.05, 0) is 25.0 Å². The Kier molecular flexibility index (Phi) is 3.78. The molecule has 1 aliphatic heterocycles. The van der Waals surface area contributed by atoms with Gasteiger partial charge < -0.3 is 15.4 Å². The van der Waals surface area contributed by atoms with E-state index in [1.165, 1.54) is 18.2 Å². The number of hydrogen-bond donors (Lipinski definition) is 3. The molecule has 6 heteroatoms. The van der Waals surface area contributed by atoms with Crippen molar-refractivity contribution in [3.05, 3.63) is 29.6 Å². The molecule has 0 aromatic heterocycles. The van der Waals surface area contributed by atoms with Crippen LogP contribution in [0.4, 0.5) is 10.1 Å². The van der Waals surface area contributed by atoms with Crippen LogP contribution in [0.3, 0.4) is 0 Å². The summed E-state index contributed by atoms with van der Waals surface area (Å²) in [6, 6.07) is 4.03. The van der Waals surface area contributed by atoms with E-state index in [9.17, 15) is 14.3 Å². The fourth-order valence-corrected chi connectivity index (χ4v) is 2.30. The van der Waals surface area contributed by atoms with Crippen LogP contribution in [0.1, 0.15) is 23.2 Å². The Labute approximate surface area is 104 Å². The van der Waals surface area contributed by atoms with E-state index in [0.717, 1.165) is 12.8 Å². The van der Waals surface area contributed by atoms with Crippen LogP contribution in [0.5, 0.6) is 0 Å². The quantitative estimate of drug-likeness (QED) is 0.547. The summed E-state index contributed by atoms with van der Waals surface area (Å²) in [5.74, 6) is 4.37. The second-order valence-electron chi connectivity index (χ2n) is 4.28. The normalized spacial score (nSPS) is 19.1. The van der Waals surface area contributed by atoms with Crippen molar-refractivity contribution < 1.29 is 14.3 Å². The lowest BCUT2D eigenvalue weighted by Crippen LogP contribution is -2.38. The topological polar surface area (TPSA) is 78.6 Å². The second kappa shape index (κ2) is 5.32. The molecular formula is C12H16FN3O2. The zero-order chi connectivity index (χ0) is 13.1. The maximum absolute atomic E-state index is 13.5. The van der Waals surface area contributed by atoms with E-state index >= 15 is 0 Å². The molecule has 0 spiro atoms. The fraction of sp³-hybridized carbons (Fsp3) is 0.417. The number of likely N-dealkylation sites (tertiary alicyclic amines) is 1. The highest BCUT2D eigenvalue weighted by Gasteiger charge is 2.30. The van der Waals surface area contributed by atoms with Crippen molar-refractivity contribution in [3.63, 3.8) is 0 Å². The number of nitrogens with one attached hydrogen (secondary N) is 1. The number of aliphatic hydroxyl groups is 1. The average molecular weight is 253 g/mol. The molecule has 1 fully saturated rings. The van der Waals surface area contributed by atoms with Crippen LogP contribution in [0.2, 0.25) is 0 Å². The third kappa shape index (κ3) is 2.16. The van der Waals surface area contributed by atoms with Gasteiger partial charge in [0.2, 0.25) is 0 Å². The Morgan fingerprint density at radius 2 is 2.39 bits per heavy atom. The standard InChI is InChI=1S/C12H16FN3O2/c13-10-5-1-4-9(11(10)15-14)12(18)16-6-2-3-8(16)7-17/h1,4-5,8,15,17H,2-3,6-7,14H2. The van der Waals surface area contributed by atoms with E-state index in [4.69, 9.17) is 5.84 Å². The maximum Gasteiger partial charge on any atom is 0.256 e. The minimum absolute atomic E-state index is 0.00825. The largest absolute Gasteiger partial charge is 0.394 e. The van der Waals surface area contributed by atoms with E-state index in [2.05, 4.69) is 5.43 Å². The number of halogens is 1. The molecule has 1 aliphatic rings. The summed E-state index contributed by atoms with van der Waals surface area (Å²) >= 11 is 0. The van der Waals surface area contributed by atoms with Gasteiger partial charge in [-0.3, -0.25) is 10.6 Å². The van der Waals surface area contributed by atoms with Crippen LogP contribution in [0, 0.1) is 5.82 Å². The van der Waals surface area contributed by atoms with E-state index in [1.807, 2.05) is 0 Å². The van der Waals surface area contributed by atoms with Gasteiger partial charge in [0, 0.05) is 6.54 Å². The predicted molar refractivity (Wildman–Crippen MR) is 65.4 cm³/mol. The molecular weight excluding hydrogens is 237 g/mol. The molecule has 1 atom stereocenters. The lowest BCUT2D eigenvalue weighted by molar-refractivity contribution is 0.0678. The molecule has 1 heterocycles. The number of benzene rings is 1. The molecule has 0 aliphatic carbocycles. The number of hydrogen-bond acceptors (Lipinski definition) is 4. The zero-order valence-corrected chi connectivity index (χ0v) is 9.90. The number of nitrogens with zero attached hydrogens (tertiary/aromatic N) is 1. The summed E-state index contributed by atoms with van der Waals surface area (Å²) < 4.78 is 13.5. The Hall–Kier alpha value is -1.66. The molecule has 1 aromatic carbocycles. The number of nitrogen functional groups attached to an aromatic ring is 1. The highest BCUT2D eigenvalue weighted by atomic mass is 19.1. The second-order valence-corrected chi connectivity index (χ2v) is 4.28. The molecule has 0 bridgehead atoms. The first-order chi connectivity index (χ1) is 8.69. The molecule has 1 unspecified atom stereocenters. The van der Waals surface area contributed by atoms with Crippen molar-refractivity contribution in [2.75, 3.05) is 18.6 Å². The highest BCUT2D eigenvalue weighted by Crippen LogP contribution is 2.25. The number of hydrazine groups is 1. The van der Waals surface area contributed by atoms with E-state index in [1.54, 1.807) is 4.90 Å². The summed E-state index contributed by atoms with van der Waals surface area (Å²) in [6.07, 6.45) is 1.61. The van der Waals surface area contributed by atoms with Crippen molar-refractivity contribution >= 4 is 11.6 Å². The first-order valence-electron chi connectivity index (χ1n) is 5.86. The van der Waals surface area contributed by atoms with Crippen LogP contribution in [0.25, 0.3) is 0 Å². The molecule has 5 nitrogen and oxygen atoms in total. The Bertz CT molecular complexity index is 453. The van der Waals surface area contributed by atoms with Crippen molar-refractivity contribution in [3.8, 4) is 0 Å². The molecule has 98 valence electrons. The number of carbonyl (C=O) groups is 1. The van der Waals surface area contributed by atoms with E-state index in [-0.39, 0.29) is 29.8 Å². The summed E-state index contributed by atoms with van der Waals surface area (Å²) in [5.41, 5.74) is 2.40. The summed E-state index contributed by atoms with van der Waals surface area (Å²) in [5, 5.41) is 9.21.